The highest BCUT2D eigenvalue weighted by Gasteiger charge is 2.01. The van der Waals surface area contributed by atoms with E-state index in [0.29, 0.717) is 22.5 Å². The van der Waals surface area contributed by atoms with Crippen molar-refractivity contribution in [2.75, 3.05) is 10.6 Å². The molecule has 2 amide bonds. The van der Waals surface area contributed by atoms with Gasteiger partial charge in [-0.3, -0.25) is 9.59 Å². The third kappa shape index (κ3) is 7.29. The number of carbonyl (C=O) groups excluding carboxylic acids is 2. The van der Waals surface area contributed by atoms with Crippen LogP contribution in [-0.4, -0.2) is 20.2 Å². The number of sulfone groups is 1. The summed E-state index contributed by atoms with van der Waals surface area (Å²) in [5.74, 6) is -0.341. The molecule has 7 heteroatoms. The lowest BCUT2D eigenvalue weighted by Gasteiger charge is -2.02. The summed E-state index contributed by atoms with van der Waals surface area (Å²) in [6, 6.07) is 13.6. The predicted octanol–water partition coefficient (Wildman–Crippen LogP) is 3.66. The summed E-state index contributed by atoms with van der Waals surface area (Å²) in [6.45, 7) is 2.83. The molecule has 0 aliphatic heterocycles. The largest absolute Gasteiger partial charge is 0.326 e. The van der Waals surface area contributed by atoms with Crippen molar-refractivity contribution in [2.45, 2.75) is 13.8 Å². The Morgan fingerprint density at radius 1 is 0.704 bits per heavy atom. The standard InChI is InChI=1S/C20H20N2O4S/c1-15(23)21-19-7-3-17(4-8-19)11-13-27(25,26)14-12-18-5-9-20(10-6-18)22-16(2)24/h3-14H,1-2H3,(H,21,23)(H,22,24). The predicted molar refractivity (Wildman–Crippen MR) is 108 cm³/mol. The molecule has 0 aliphatic carbocycles. The number of hydrogen-bond acceptors (Lipinski definition) is 4. The van der Waals surface area contributed by atoms with Gasteiger partial charge in [-0.1, -0.05) is 24.3 Å². The Kier molecular flexibility index (Phi) is 6.67. The molecule has 0 bridgehead atoms. The van der Waals surface area contributed by atoms with Crippen LogP contribution in [0, 0.1) is 0 Å². The van der Waals surface area contributed by atoms with Crippen LogP contribution < -0.4 is 10.6 Å². The monoisotopic (exact) mass is 384 g/mol. The van der Waals surface area contributed by atoms with E-state index in [9.17, 15) is 18.0 Å². The van der Waals surface area contributed by atoms with Gasteiger partial charge in [0.1, 0.15) is 0 Å². The number of amides is 2. The molecule has 0 spiro atoms. The van der Waals surface area contributed by atoms with E-state index in [1.807, 2.05) is 0 Å². The number of carbonyl (C=O) groups is 2. The second-order valence-corrected chi connectivity index (χ2v) is 7.52. The minimum absolute atomic E-state index is 0.170. The van der Waals surface area contributed by atoms with Crippen molar-refractivity contribution >= 4 is 45.2 Å². The Balaban J connectivity index is 2.03. The summed E-state index contributed by atoms with van der Waals surface area (Å²) in [7, 11) is -3.54. The number of benzene rings is 2. The van der Waals surface area contributed by atoms with Gasteiger partial charge in [0.05, 0.1) is 0 Å². The van der Waals surface area contributed by atoms with E-state index in [4.69, 9.17) is 0 Å². The molecule has 0 atom stereocenters. The molecule has 0 saturated carbocycles. The fraction of sp³-hybridized carbons (Fsp3) is 0.100. The number of rotatable bonds is 6. The zero-order chi connectivity index (χ0) is 19.9. The second kappa shape index (κ2) is 8.95. The lowest BCUT2D eigenvalue weighted by Crippen LogP contribution is -2.05. The van der Waals surface area contributed by atoms with Gasteiger partial charge in [0.15, 0.2) is 9.84 Å². The quantitative estimate of drug-likeness (QED) is 0.795. The van der Waals surface area contributed by atoms with Gasteiger partial charge in [-0.25, -0.2) is 8.42 Å². The van der Waals surface area contributed by atoms with E-state index in [1.165, 1.54) is 26.0 Å². The average Bonchev–Trinajstić information content (AvgIpc) is 2.60. The summed E-state index contributed by atoms with van der Waals surface area (Å²) in [5, 5.41) is 7.51. The maximum atomic E-state index is 12.1. The summed E-state index contributed by atoms with van der Waals surface area (Å²) < 4.78 is 24.2. The Hall–Kier alpha value is -3.19. The fourth-order valence-electron chi connectivity index (χ4n) is 2.15. The summed E-state index contributed by atoms with van der Waals surface area (Å²) >= 11 is 0. The van der Waals surface area contributed by atoms with Gasteiger partial charge in [0, 0.05) is 36.0 Å². The molecular weight excluding hydrogens is 364 g/mol. The van der Waals surface area contributed by atoms with Crippen molar-refractivity contribution in [1.82, 2.24) is 0 Å². The van der Waals surface area contributed by atoms with Crippen LogP contribution in [0.1, 0.15) is 25.0 Å². The second-order valence-electron chi connectivity index (χ2n) is 5.80. The van der Waals surface area contributed by atoms with Crippen molar-refractivity contribution in [3.8, 4) is 0 Å². The first-order valence-electron chi connectivity index (χ1n) is 8.10. The van der Waals surface area contributed by atoms with Crippen LogP contribution in [-0.2, 0) is 19.4 Å². The van der Waals surface area contributed by atoms with Crippen molar-refractivity contribution in [1.29, 1.82) is 0 Å². The molecule has 0 fully saturated rings. The van der Waals surface area contributed by atoms with E-state index < -0.39 is 9.84 Å². The topological polar surface area (TPSA) is 92.3 Å². The normalized spacial score (nSPS) is 11.6. The van der Waals surface area contributed by atoms with Gasteiger partial charge in [0.2, 0.25) is 11.8 Å². The van der Waals surface area contributed by atoms with Crippen LogP contribution >= 0.6 is 0 Å². The molecule has 0 aromatic heterocycles. The highest BCUT2D eigenvalue weighted by Crippen LogP contribution is 2.14. The minimum atomic E-state index is -3.54. The van der Waals surface area contributed by atoms with Gasteiger partial charge in [-0.05, 0) is 47.5 Å². The molecule has 2 aromatic rings. The molecule has 0 radical (unpaired) electrons. The third-order valence-corrected chi connectivity index (χ3v) is 4.39. The molecule has 140 valence electrons. The molecule has 0 aliphatic rings. The van der Waals surface area contributed by atoms with Crippen molar-refractivity contribution in [3.05, 3.63) is 70.5 Å². The first-order valence-corrected chi connectivity index (χ1v) is 9.71. The van der Waals surface area contributed by atoms with Crippen molar-refractivity contribution < 1.29 is 18.0 Å². The smallest absolute Gasteiger partial charge is 0.221 e. The Labute approximate surface area is 158 Å². The maximum Gasteiger partial charge on any atom is 0.221 e. The Morgan fingerprint density at radius 2 is 1.04 bits per heavy atom. The molecule has 2 rings (SSSR count). The highest BCUT2D eigenvalue weighted by atomic mass is 32.2. The summed E-state index contributed by atoms with van der Waals surface area (Å²) in [4.78, 5) is 22.0. The molecule has 0 saturated heterocycles. The van der Waals surface area contributed by atoms with Gasteiger partial charge >= 0.3 is 0 Å². The van der Waals surface area contributed by atoms with Gasteiger partial charge in [-0.15, -0.1) is 0 Å². The first-order chi connectivity index (χ1) is 12.7. The molecule has 0 heterocycles. The average molecular weight is 384 g/mol. The van der Waals surface area contributed by atoms with Crippen LogP contribution in [0.15, 0.2) is 59.3 Å². The third-order valence-electron chi connectivity index (χ3n) is 3.36. The molecule has 27 heavy (non-hydrogen) atoms. The maximum absolute atomic E-state index is 12.1. The lowest BCUT2D eigenvalue weighted by atomic mass is 10.2. The van der Waals surface area contributed by atoms with Crippen molar-refractivity contribution in [2.24, 2.45) is 0 Å². The summed E-state index contributed by atoms with van der Waals surface area (Å²) in [5.41, 5.74) is 2.68. The molecule has 0 unspecified atom stereocenters. The zero-order valence-corrected chi connectivity index (χ0v) is 15.8. The molecule has 2 N–H and O–H groups in total. The fourth-order valence-corrected chi connectivity index (χ4v) is 2.94. The summed E-state index contributed by atoms with van der Waals surface area (Å²) in [6.07, 6.45) is 2.97. The molecule has 2 aromatic carbocycles. The number of nitrogens with one attached hydrogen (secondary N) is 2. The van der Waals surface area contributed by atoms with E-state index in [-0.39, 0.29) is 11.8 Å². The van der Waals surface area contributed by atoms with E-state index in [0.717, 1.165) is 10.8 Å². The minimum Gasteiger partial charge on any atom is -0.326 e. The van der Waals surface area contributed by atoms with E-state index >= 15 is 0 Å². The van der Waals surface area contributed by atoms with Gasteiger partial charge < -0.3 is 10.6 Å². The zero-order valence-electron chi connectivity index (χ0n) is 15.0. The number of anilines is 2. The molecular formula is C20H20N2O4S. The highest BCUT2D eigenvalue weighted by molar-refractivity contribution is 7.97. The van der Waals surface area contributed by atoms with Crippen LogP contribution in [0.5, 0.6) is 0 Å². The van der Waals surface area contributed by atoms with Crippen LogP contribution in [0.4, 0.5) is 11.4 Å². The van der Waals surface area contributed by atoms with Gasteiger partial charge in [-0.2, -0.15) is 0 Å². The molecule has 6 nitrogen and oxygen atoms in total. The van der Waals surface area contributed by atoms with Gasteiger partial charge in [0.25, 0.3) is 0 Å². The lowest BCUT2D eigenvalue weighted by molar-refractivity contribution is -0.115. The number of hydrogen-bond donors (Lipinski definition) is 2. The Bertz CT molecular complexity index is 898. The first kappa shape index (κ1) is 20.1. The Morgan fingerprint density at radius 3 is 1.33 bits per heavy atom. The van der Waals surface area contributed by atoms with Crippen molar-refractivity contribution in [3.63, 3.8) is 0 Å². The van der Waals surface area contributed by atoms with E-state index in [2.05, 4.69) is 10.6 Å². The SMILES string of the molecule is CC(=O)Nc1ccc(C=CS(=O)(=O)C=Cc2ccc(NC(C)=O)cc2)cc1. The van der Waals surface area contributed by atoms with Crippen LogP contribution in [0.2, 0.25) is 0 Å². The van der Waals surface area contributed by atoms with Crippen LogP contribution in [0.25, 0.3) is 12.2 Å². The van der Waals surface area contributed by atoms with E-state index in [1.54, 1.807) is 48.5 Å². The van der Waals surface area contributed by atoms with Crippen LogP contribution in [0.3, 0.4) is 0 Å².